The predicted octanol–water partition coefficient (Wildman–Crippen LogP) is 4.71. The Kier molecular flexibility index (Phi) is 5.02. The minimum atomic E-state index is 0.239. The lowest BCUT2D eigenvalue weighted by molar-refractivity contribution is 0.389. The Labute approximate surface area is 143 Å². The van der Waals surface area contributed by atoms with Crippen LogP contribution >= 0.6 is 0 Å². The highest BCUT2D eigenvalue weighted by molar-refractivity contribution is 5.86. The van der Waals surface area contributed by atoms with Crippen LogP contribution in [0.3, 0.4) is 0 Å². The van der Waals surface area contributed by atoms with E-state index in [-0.39, 0.29) is 6.04 Å². The fourth-order valence-electron chi connectivity index (χ4n) is 3.00. The van der Waals surface area contributed by atoms with Gasteiger partial charge in [0.25, 0.3) is 0 Å². The molecule has 0 aliphatic heterocycles. The van der Waals surface area contributed by atoms with Gasteiger partial charge in [-0.15, -0.1) is 0 Å². The second-order valence-electron chi connectivity index (χ2n) is 5.85. The van der Waals surface area contributed by atoms with Gasteiger partial charge < -0.3 is 14.8 Å². The molecule has 0 bridgehead atoms. The molecule has 3 aromatic rings. The third kappa shape index (κ3) is 3.36. The van der Waals surface area contributed by atoms with Crippen LogP contribution in [0.4, 0.5) is 0 Å². The van der Waals surface area contributed by atoms with Crippen LogP contribution in [-0.2, 0) is 6.54 Å². The molecule has 0 spiro atoms. The molecule has 0 fully saturated rings. The first-order valence-electron chi connectivity index (χ1n) is 8.15. The molecular weight excluding hydrogens is 298 g/mol. The van der Waals surface area contributed by atoms with Gasteiger partial charge in [-0.2, -0.15) is 0 Å². The third-order valence-corrected chi connectivity index (χ3v) is 4.38. The van der Waals surface area contributed by atoms with Gasteiger partial charge in [0.1, 0.15) is 11.5 Å². The van der Waals surface area contributed by atoms with E-state index in [2.05, 4.69) is 54.7 Å². The largest absolute Gasteiger partial charge is 0.497 e. The van der Waals surface area contributed by atoms with Crippen molar-refractivity contribution in [2.45, 2.75) is 19.5 Å². The SMILES string of the molecule is COc1ccc(CN[C@H](C)c2cccc3ccccc23)c(OC)c1. The molecule has 0 radical (unpaired) electrons. The molecule has 1 atom stereocenters. The zero-order chi connectivity index (χ0) is 16.9. The Morgan fingerprint density at radius 1 is 0.917 bits per heavy atom. The van der Waals surface area contributed by atoms with Crippen LogP contribution in [0.25, 0.3) is 10.8 Å². The first-order chi connectivity index (χ1) is 11.7. The highest BCUT2D eigenvalue weighted by Crippen LogP contribution is 2.27. The molecule has 0 heterocycles. The quantitative estimate of drug-likeness (QED) is 0.713. The van der Waals surface area contributed by atoms with E-state index in [4.69, 9.17) is 9.47 Å². The lowest BCUT2D eigenvalue weighted by Crippen LogP contribution is -2.18. The van der Waals surface area contributed by atoms with Crippen molar-refractivity contribution in [3.63, 3.8) is 0 Å². The minimum absolute atomic E-state index is 0.239. The van der Waals surface area contributed by atoms with Gasteiger partial charge in [0, 0.05) is 24.2 Å². The first-order valence-corrected chi connectivity index (χ1v) is 8.15. The van der Waals surface area contributed by atoms with Crippen LogP contribution in [0.15, 0.2) is 60.7 Å². The summed E-state index contributed by atoms with van der Waals surface area (Å²) in [5, 5.41) is 6.16. The molecule has 0 saturated heterocycles. The zero-order valence-corrected chi connectivity index (χ0v) is 14.4. The number of fused-ring (bicyclic) bond motifs is 1. The Bertz CT molecular complexity index is 824. The van der Waals surface area contributed by atoms with Crippen molar-refractivity contribution >= 4 is 10.8 Å². The molecule has 3 nitrogen and oxygen atoms in total. The van der Waals surface area contributed by atoms with Gasteiger partial charge >= 0.3 is 0 Å². The second-order valence-corrected chi connectivity index (χ2v) is 5.85. The maximum absolute atomic E-state index is 5.48. The molecule has 0 saturated carbocycles. The Morgan fingerprint density at radius 2 is 1.71 bits per heavy atom. The van der Waals surface area contributed by atoms with E-state index in [1.54, 1.807) is 14.2 Å². The molecule has 0 aliphatic carbocycles. The monoisotopic (exact) mass is 321 g/mol. The Hall–Kier alpha value is -2.52. The van der Waals surface area contributed by atoms with Crippen LogP contribution in [0, 0.1) is 0 Å². The normalized spacial score (nSPS) is 12.1. The fourth-order valence-corrected chi connectivity index (χ4v) is 3.00. The van der Waals surface area contributed by atoms with Gasteiger partial charge in [-0.25, -0.2) is 0 Å². The summed E-state index contributed by atoms with van der Waals surface area (Å²) < 4.78 is 10.7. The Morgan fingerprint density at radius 3 is 2.50 bits per heavy atom. The van der Waals surface area contributed by atoms with Crippen LogP contribution in [-0.4, -0.2) is 14.2 Å². The van der Waals surface area contributed by atoms with E-state index in [1.165, 1.54) is 16.3 Å². The molecule has 0 amide bonds. The summed E-state index contributed by atoms with van der Waals surface area (Å²) >= 11 is 0. The molecule has 3 heteroatoms. The maximum atomic E-state index is 5.48. The lowest BCUT2D eigenvalue weighted by Gasteiger charge is -2.18. The number of benzene rings is 3. The summed E-state index contributed by atoms with van der Waals surface area (Å²) in [6.07, 6.45) is 0. The van der Waals surface area contributed by atoms with Crippen molar-refractivity contribution in [3.8, 4) is 11.5 Å². The molecule has 0 aromatic heterocycles. The number of methoxy groups -OCH3 is 2. The van der Waals surface area contributed by atoms with Gasteiger partial charge in [0.2, 0.25) is 0 Å². The molecule has 124 valence electrons. The summed E-state index contributed by atoms with van der Waals surface area (Å²) in [5.74, 6) is 1.64. The van der Waals surface area contributed by atoms with Crippen molar-refractivity contribution in [1.82, 2.24) is 5.32 Å². The van der Waals surface area contributed by atoms with Gasteiger partial charge in [0.05, 0.1) is 14.2 Å². The number of hydrogen-bond donors (Lipinski definition) is 1. The summed E-state index contributed by atoms with van der Waals surface area (Å²) in [7, 11) is 3.35. The van der Waals surface area contributed by atoms with E-state index < -0.39 is 0 Å². The summed E-state index contributed by atoms with van der Waals surface area (Å²) in [5.41, 5.74) is 2.42. The van der Waals surface area contributed by atoms with Gasteiger partial charge in [-0.3, -0.25) is 0 Å². The number of hydrogen-bond acceptors (Lipinski definition) is 3. The van der Waals surface area contributed by atoms with E-state index >= 15 is 0 Å². The third-order valence-electron chi connectivity index (χ3n) is 4.38. The van der Waals surface area contributed by atoms with Gasteiger partial charge in [0.15, 0.2) is 0 Å². The molecule has 3 aromatic carbocycles. The predicted molar refractivity (Wildman–Crippen MR) is 98.7 cm³/mol. The number of nitrogens with one attached hydrogen (secondary N) is 1. The van der Waals surface area contributed by atoms with Crippen LogP contribution in [0.1, 0.15) is 24.1 Å². The van der Waals surface area contributed by atoms with Crippen LogP contribution in [0.2, 0.25) is 0 Å². The van der Waals surface area contributed by atoms with E-state index in [0.29, 0.717) is 0 Å². The minimum Gasteiger partial charge on any atom is -0.497 e. The van der Waals surface area contributed by atoms with Crippen molar-refractivity contribution in [1.29, 1.82) is 0 Å². The smallest absolute Gasteiger partial charge is 0.127 e. The van der Waals surface area contributed by atoms with Crippen LogP contribution < -0.4 is 14.8 Å². The van der Waals surface area contributed by atoms with Crippen molar-refractivity contribution in [2.75, 3.05) is 14.2 Å². The lowest BCUT2D eigenvalue weighted by atomic mass is 9.99. The molecular formula is C21H23NO2. The van der Waals surface area contributed by atoms with Gasteiger partial charge in [-0.1, -0.05) is 48.5 Å². The first kappa shape index (κ1) is 16.3. The highest BCUT2D eigenvalue weighted by Gasteiger charge is 2.11. The van der Waals surface area contributed by atoms with E-state index in [1.807, 2.05) is 18.2 Å². The van der Waals surface area contributed by atoms with Crippen molar-refractivity contribution < 1.29 is 9.47 Å². The summed E-state index contributed by atoms with van der Waals surface area (Å²) in [6.45, 7) is 2.93. The maximum Gasteiger partial charge on any atom is 0.127 e. The summed E-state index contributed by atoms with van der Waals surface area (Å²) in [6, 6.07) is 21.1. The van der Waals surface area contributed by atoms with E-state index in [0.717, 1.165) is 23.6 Å². The number of ether oxygens (including phenoxy) is 2. The number of rotatable bonds is 6. The van der Waals surface area contributed by atoms with Crippen molar-refractivity contribution in [3.05, 3.63) is 71.8 Å². The molecule has 3 rings (SSSR count). The zero-order valence-electron chi connectivity index (χ0n) is 14.4. The average molecular weight is 321 g/mol. The summed E-state index contributed by atoms with van der Waals surface area (Å²) in [4.78, 5) is 0. The van der Waals surface area contributed by atoms with Crippen LogP contribution in [0.5, 0.6) is 11.5 Å². The fraction of sp³-hybridized carbons (Fsp3) is 0.238. The van der Waals surface area contributed by atoms with Crippen molar-refractivity contribution in [2.24, 2.45) is 0 Å². The highest BCUT2D eigenvalue weighted by atomic mass is 16.5. The standard InChI is InChI=1S/C21H23NO2/c1-15(19-10-6-8-16-7-4-5-9-20(16)19)22-14-17-11-12-18(23-2)13-21(17)24-3/h4-13,15,22H,14H2,1-3H3/t15-/m1/s1. The molecule has 0 aliphatic rings. The second kappa shape index (κ2) is 7.37. The topological polar surface area (TPSA) is 30.5 Å². The van der Waals surface area contributed by atoms with Gasteiger partial charge in [-0.05, 0) is 29.3 Å². The Balaban J connectivity index is 1.79. The molecule has 1 N–H and O–H groups in total. The average Bonchev–Trinajstić information content (AvgIpc) is 2.65. The molecule has 0 unspecified atom stereocenters. The molecule has 24 heavy (non-hydrogen) atoms. The van der Waals surface area contributed by atoms with E-state index in [9.17, 15) is 0 Å².